The number of rotatable bonds is 3. The van der Waals surface area contributed by atoms with Gasteiger partial charge in [-0.05, 0) is 30.7 Å². The van der Waals surface area contributed by atoms with Crippen LogP contribution in [0.25, 0.3) is 11.1 Å². The molecule has 0 unspecified atom stereocenters. The molecule has 0 radical (unpaired) electrons. The number of nitrogens with two attached hydrogens (primary N) is 1. The van der Waals surface area contributed by atoms with E-state index in [1.54, 1.807) is 30.3 Å². The molecule has 2 aromatic carbocycles. The maximum Gasteiger partial charge on any atom is 0.387 e. The van der Waals surface area contributed by atoms with Crippen molar-refractivity contribution in [3.63, 3.8) is 0 Å². The number of benzene rings is 2. The first kappa shape index (κ1) is 13.6. The summed E-state index contributed by atoms with van der Waals surface area (Å²) in [6.07, 6.45) is 0. The first-order valence-corrected chi connectivity index (χ1v) is 5.96. The fourth-order valence-electron chi connectivity index (χ4n) is 1.78. The molecule has 0 spiro atoms. The van der Waals surface area contributed by atoms with E-state index in [1.807, 2.05) is 6.92 Å². The highest BCUT2D eigenvalue weighted by Gasteiger charge is 2.14. The summed E-state index contributed by atoms with van der Waals surface area (Å²) < 4.78 is 29.3. The Labute approximate surface area is 114 Å². The van der Waals surface area contributed by atoms with E-state index in [1.165, 1.54) is 6.07 Å². The van der Waals surface area contributed by atoms with E-state index in [9.17, 15) is 8.78 Å². The van der Waals surface area contributed by atoms with Crippen LogP contribution >= 0.6 is 11.6 Å². The average molecular weight is 284 g/mol. The van der Waals surface area contributed by atoms with Crippen LogP contribution in [0.1, 0.15) is 5.56 Å². The molecule has 0 aliphatic rings. The molecule has 0 saturated heterocycles. The second kappa shape index (κ2) is 5.45. The van der Waals surface area contributed by atoms with Gasteiger partial charge in [0.25, 0.3) is 0 Å². The lowest BCUT2D eigenvalue weighted by atomic mass is 10.0. The van der Waals surface area contributed by atoms with Crippen LogP contribution in [-0.2, 0) is 0 Å². The van der Waals surface area contributed by atoms with Crippen molar-refractivity contribution in [2.24, 2.45) is 0 Å². The Hall–Kier alpha value is -1.81. The van der Waals surface area contributed by atoms with E-state index < -0.39 is 6.61 Å². The number of halogens is 3. The standard InChI is InChI=1S/C14H12ClF2NO/c1-8-6-11(15)10(7-12(8)18)9-4-2-3-5-13(9)19-14(16)17/h2-7,14H,18H2,1H3. The molecular weight excluding hydrogens is 272 g/mol. The Morgan fingerprint density at radius 1 is 1.16 bits per heavy atom. The summed E-state index contributed by atoms with van der Waals surface area (Å²) in [5, 5.41) is 0.442. The zero-order valence-electron chi connectivity index (χ0n) is 10.2. The van der Waals surface area contributed by atoms with Crippen molar-refractivity contribution in [2.45, 2.75) is 13.5 Å². The molecule has 0 aromatic heterocycles. The SMILES string of the molecule is Cc1cc(Cl)c(-c2ccccc2OC(F)F)cc1N. The largest absolute Gasteiger partial charge is 0.434 e. The second-order valence-corrected chi connectivity index (χ2v) is 4.47. The van der Waals surface area contributed by atoms with Gasteiger partial charge >= 0.3 is 6.61 Å². The number of hydrogen-bond acceptors (Lipinski definition) is 2. The summed E-state index contributed by atoms with van der Waals surface area (Å²) in [4.78, 5) is 0. The molecule has 2 aromatic rings. The summed E-state index contributed by atoms with van der Waals surface area (Å²) in [5.74, 6) is 0.0719. The summed E-state index contributed by atoms with van der Waals surface area (Å²) in [5.41, 5.74) is 8.27. The monoisotopic (exact) mass is 283 g/mol. The molecule has 0 heterocycles. The summed E-state index contributed by atoms with van der Waals surface area (Å²) in [6, 6.07) is 9.82. The summed E-state index contributed by atoms with van der Waals surface area (Å²) in [7, 11) is 0. The molecular formula is C14H12ClF2NO. The Morgan fingerprint density at radius 2 is 1.84 bits per heavy atom. The van der Waals surface area contributed by atoms with E-state index >= 15 is 0 Å². The number of anilines is 1. The van der Waals surface area contributed by atoms with Gasteiger partial charge in [-0.3, -0.25) is 0 Å². The molecule has 5 heteroatoms. The Bertz CT molecular complexity index is 602. The summed E-state index contributed by atoms with van der Waals surface area (Å²) >= 11 is 6.15. The van der Waals surface area contributed by atoms with Crippen LogP contribution in [-0.4, -0.2) is 6.61 Å². The van der Waals surface area contributed by atoms with Crippen LogP contribution in [0, 0.1) is 6.92 Å². The van der Waals surface area contributed by atoms with E-state index in [0.717, 1.165) is 5.56 Å². The van der Waals surface area contributed by atoms with Gasteiger partial charge in [-0.15, -0.1) is 0 Å². The third-order valence-corrected chi connectivity index (χ3v) is 3.06. The van der Waals surface area contributed by atoms with Crippen LogP contribution in [0.4, 0.5) is 14.5 Å². The topological polar surface area (TPSA) is 35.2 Å². The minimum Gasteiger partial charge on any atom is -0.434 e. The average Bonchev–Trinajstić information content (AvgIpc) is 2.34. The molecule has 19 heavy (non-hydrogen) atoms. The molecule has 0 amide bonds. The number of alkyl halides is 2. The highest BCUT2D eigenvalue weighted by Crippen LogP contribution is 2.37. The quantitative estimate of drug-likeness (QED) is 0.842. The third kappa shape index (κ3) is 2.96. The minimum atomic E-state index is -2.89. The van der Waals surface area contributed by atoms with Crippen molar-refractivity contribution in [2.75, 3.05) is 5.73 Å². The van der Waals surface area contributed by atoms with Crippen molar-refractivity contribution < 1.29 is 13.5 Å². The van der Waals surface area contributed by atoms with Gasteiger partial charge in [0.05, 0.1) is 0 Å². The Balaban J connectivity index is 2.56. The fourth-order valence-corrected chi connectivity index (χ4v) is 2.10. The zero-order chi connectivity index (χ0) is 14.0. The van der Waals surface area contributed by atoms with E-state index in [-0.39, 0.29) is 5.75 Å². The highest BCUT2D eigenvalue weighted by atomic mass is 35.5. The van der Waals surface area contributed by atoms with Crippen LogP contribution in [0.3, 0.4) is 0 Å². The van der Waals surface area contributed by atoms with Crippen molar-refractivity contribution >= 4 is 17.3 Å². The van der Waals surface area contributed by atoms with Crippen molar-refractivity contribution in [3.8, 4) is 16.9 Å². The predicted molar refractivity (Wildman–Crippen MR) is 72.7 cm³/mol. The molecule has 2 N–H and O–H groups in total. The summed E-state index contributed by atoms with van der Waals surface area (Å²) in [6.45, 7) is -1.06. The van der Waals surface area contributed by atoms with E-state index in [4.69, 9.17) is 17.3 Å². The molecule has 2 rings (SSSR count). The minimum absolute atomic E-state index is 0.0719. The van der Waals surface area contributed by atoms with Gasteiger partial charge in [-0.1, -0.05) is 29.8 Å². The molecule has 2 nitrogen and oxygen atoms in total. The molecule has 0 bridgehead atoms. The van der Waals surface area contributed by atoms with Gasteiger partial charge in [-0.2, -0.15) is 8.78 Å². The lowest BCUT2D eigenvalue weighted by Gasteiger charge is -2.13. The molecule has 0 fully saturated rings. The van der Waals surface area contributed by atoms with Crippen LogP contribution < -0.4 is 10.5 Å². The number of aryl methyl sites for hydroxylation is 1. The maximum absolute atomic E-state index is 12.4. The third-order valence-electron chi connectivity index (χ3n) is 2.75. The van der Waals surface area contributed by atoms with Gasteiger partial charge in [0, 0.05) is 21.8 Å². The normalized spacial score (nSPS) is 10.8. The van der Waals surface area contributed by atoms with Gasteiger partial charge in [0.1, 0.15) is 5.75 Å². The molecule has 0 aliphatic carbocycles. The van der Waals surface area contributed by atoms with Gasteiger partial charge in [0.15, 0.2) is 0 Å². The van der Waals surface area contributed by atoms with Crippen LogP contribution in [0.5, 0.6) is 5.75 Å². The van der Waals surface area contributed by atoms with Gasteiger partial charge < -0.3 is 10.5 Å². The molecule has 0 aliphatic heterocycles. The van der Waals surface area contributed by atoms with Gasteiger partial charge in [-0.25, -0.2) is 0 Å². The number of ether oxygens (including phenoxy) is 1. The lowest BCUT2D eigenvalue weighted by molar-refractivity contribution is -0.0494. The predicted octanol–water partition coefficient (Wildman–Crippen LogP) is 4.50. The number of para-hydroxylation sites is 1. The van der Waals surface area contributed by atoms with Crippen LogP contribution in [0.15, 0.2) is 36.4 Å². The van der Waals surface area contributed by atoms with Crippen molar-refractivity contribution in [3.05, 3.63) is 47.0 Å². The fraction of sp³-hybridized carbons (Fsp3) is 0.143. The van der Waals surface area contributed by atoms with Crippen molar-refractivity contribution in [1.29, 1.82) is 0 Å². The molecule has 0 saturated carbocycles. The lowest BCUT2D eigenvalue weighted by Crippen LogP contribution is -2.03. The second-order valence-electron chi connectivity index (χ2n) is 4.06. The smallest absolute Gasteiger partial charge is 0.387 e. The maximum atomic E-state index is 12.4. The molecule has 0 atom stereocenters. The zero-order valence-corrected chi connectivity index (χ0v) is 10.9. The van der Waals surface area contributed by atoms with E-state index in [2.05, 4.69) is 4.74 Å². The number of hydrogen-bond donors (Lipinski definition) is 1. The number of nitrogen functional groups attached to an aromatic ring is 1. The first-order valence-electron chi connectivity index (χ1n) is 5.59. The van der Waals surface area contributed by atoms with Crippen molar-refractivity contribution in [1.82, 2.24) is 0 Å². The Kier molecular flexibility index (Phi) is 3.90. The van der Waals surface area contributed by atoms with Gasteiger partial charge in [0.2, 0.25) is 0 Å². The van der Waals surface area contributed by atoms with E-state index in [0.29, 0.717) is 21.8 Å². The highest BCUT2D eigenvalue weighted by molar-refractivity contribution is 6.33. The molecule has 100 valence electrons. The first-order chi connectivity index (χ1) is 8.99. The Morgan fingerprint density at radius 3 is 2.53 bits per heavy atom. The van der Waals surface area contributed by atoms with Crippen LogP contribution in [0.2, 0.25) is 5.02 Å².